The van der Waals surface area contributed by atoms with Gasteiger partial charge in [0.05, 0.1) is 25.5 Å². The fourth-order valence-electron chi connectivity index (χ4n) is 5.12. The molecule has 1 fully saturated rings. The number of nitrogens with one attached hydrogen (secondary N) is 2. The average Bonchev–Trinajstić information content (AvgIpc) is 3.38. The molecule has 0 bridgehead atoms. The highest BCUT2D eigenvalue weighted by Crippen LogP contribution is 2.30. The number of urea groups is 1. The summed E-state index contributed by atoms with van der Waals surface area (Å²) >= 11 is 0. The molecular weight excluding hydrogens is 628 g/mol. The summed E-state index contributed by atoms with van der Waals surface area (Å²) in [5.74, 6) is -0.206. The van der Waals surface area contributed by atoms with Crippen LogP contribution >= 0.6 is 0 Å². The first kappa shape index (κ1) is 37.4. The normalized spacial score (nSPS) is 16.5. The second-order valence-electron chi connectivity index (χ2n) is 12.7. The molecule has 1 heterocycles. The number of amides is 4. The summed E-state index contributed by atoms with van der Waals surface area (Å²) in [5, 5.41) is 2.74. The van der Waals surface area contributed by atoms with Crippen LogP contribution < -0.4 is 19.5 Å². The topological polar surface area (TPSA) is 153 Å². The Labute approximate surface area is 277 Å². The van der Waals surface area contributed by atoms with E-state index in [2.05, 4.69) is 10.0 Å². The van der Waals surface area contributed by atoms with Crippen LogP contribution in [0.5, 0.6) is 11.5 Å². The van der Waals surface area contributed by atoms with Gasteiger partial charge in [-0.1, -0.05) is 30.3 Å². The Morgan fingerprint density at radius 3 is 2.32 bits per heavy atom. The molecule has 0 radical (unpaired) electrons. The minimum absolute atomic E-state index is 0.0634. The van der Waals surface area contributed by atoms with Gasteiger partial charge in [0, 0.05) is 57.3 Å². The van der Waals surface area contributed by atoms with Gasteiger partial charge in [0.15, 0.2) is 11.5 Å². The molecule has 14 heteroatoms. The van der Waals surface area contributed by atoms with E-state index in [1.807, 2.05) is 13.8 Å². The molecule has 1 saturated heterocycles. The number of ether oxygens (including phenoxy) is 4. The lowest BCUT2D eigenvalue weighted by Crippen LogP contribution is -2.51. The molecule has 3 rings (SSSR count). The predicted molar refractivity (Wildman–Crippen MR) is 177 cm³/mol. The predicted octanol–water partition coefficient (Wildman–Crippen LogP) is 4.03. The first-order valence-corrected chi connectivity index (χ1v) is 17.2. The Morgan fingerprint density at radius 1 is 1.00 bits per heavy atom. The van der Waals surface area contributed by atoms with Crippen LogP contribution in [0.3, 0.4) is 0 Å². The van der Waals surface area contributed by atoms with Gasteiger partial charge < -0.3 is 34.1 Å². The highest BCUT2D eigenvalue weighted by molar-refractivity contribution is 7.89. The van der Waals surface area contributed by atoms with Crippen LogP contribution in [0.1, 0.15) is 57.0 Å². The van der Waals surface area contributed by atoms with Gasteiger partial charge in [0.2, 0.25) is 10.0 Å². The summed E-state index contributed by atoms with van der Waals surface area (Å²) in [6, 6.07) is 11.6. The fraction of sp³-hybridized carbons (Fsp3) is 0.545. The first-order chi connectivity index (χ1) is 22.1. The molecule has 13 nitrogen and oxygen atoms in total. The van der Waals surface area contributed by atoms with Crippen LogP contribution in [0.15, 0.2) is 48.5 Å². The lowest BCUT2D eigenvalue weighted by atomic mass is 10.0. The van der Waals surface area contributed by atoms with E-state index in [0.717, 1.165) is 0 Å². The van der Waals surface area contributed by atoms with Crippen LogP contribution in [0.2, 0.25) is 0 Å². The number of methoxy groups -OCH3 is 2. The Balaban J connectivity index is 1.81. The molecule has 2 aromatic rings. The maximum atomic E-state index is 13.9. The lowest BCUT2D eigenvalue weighted by Gasteiger charge is -2.32. The van der Waals surface area contributed by atoms with Crippen molar-refractivity contribution in [2.45, 2.75) is 64.5 Å². The van der Waals surface area contributed by atoms with E-state index in [9.17, 15) is 22.8 Å². The number of likely N-dealkylation sites (tertiary alicyclic amines) is 1. The SMILES string of the molecule is COCCCOc1cc(C(=O)N(C[C@@H]2CN(C(=O)OC(C)(C)C)C[C@H]2NC(=O)NS(=O)(=O)Cc2ccccc2)C(C)C)ccc1OC. The summed E-state index contributed by atoms with van der Waals surface area (Å²) in [6.07, 6.45) is 0.0816. The minimum atomic E-state index is -4.01. The molecule has 1 aliphatic heterocycles. The van der Waals surface area contributed by atoms with Gasteiger partial charge in [-0.15, -0.1) is 0 Å². The largest absolute Gasteiger partial charge is 0.493 e. The summed E-state index contributed by atoms with van der Waals surface area (Å²) in [7, 11) is -0.885. The molecule has 2 atom stereocenters. The van der Waals surface area contributed by atoms with E-state index in [0.29, 0.717) is 42.3 Å². The summed E-state index contributed by atoms with van der Waals surface area (Å²) in [6.45, 7) is 10.3. The van der Waals surface area contributed by atoms with Crippen LogP contribution in [0.4, 0.5) is 9.59 Å². The molecule has 0 spiro atoms. The number of carbonyl (C=O) groups is 3. The quantitative estimate of drug-likeness (QED) is 0.283. The number of benzene rings is 2. The molecule has 0 saturated carbocycles. The Hall–Kier alpha value is -4.04. The van der Waals surface area contributed by atoms with E-state index in [-0.39, 0.29) is 37.3 Å². The zero-order chi connectivity index (χ0) is 34.8. The molecule has 0 aromatic heterocycles. The highest BCUT2D eigenvalue weighted by atomic mass is 32.2. The van der Waals surface area contributed by atoms with Gasteiger partial charge in [-0.25, -0.2) is 22.7 Å². The van der Waals surface area contributed by atoms with Crippen molar-refractivity contribution in [3.05, 3.63) is 59.7 Å². The minimum Gasteiger partial charge on any atom is -0.493 e. The third-order valence-corrected chi connectivity index (χ3v) is 8.54. The molecule has 4 amide bonds. The smallest absolute Gasteiger partial charge is 0.410 e. The van der Waals surface area contributed by atoms with Gasteiger partial charge in [0.1, 0.15) is 5.60 Å². The van der Waals surface area contributed by atoms with Crippen molar-refractivity contribution in [1.82, 2.24) is 19.8 Å². The standard InChI is InChI=1S/C33H48N4O9S/c1-23(2)37(30(38)25-14-15-28(44-7)29(18-25)45-17-11-16-43-6)20-26-19-36(32(40)46-33(3,4)5)21-27(26)34-31(39)35-47(41,42)22-24-12-9-8-10-13-24/h8-10,12-15,18,23,26-27H,11,16-17,19-22H2,1-7H3,(H2,34,35,39)/t26-,27+/m0/s1. The summed E-state index contributed by atoms with van der Waals surface area (Å²) in [4.78, 5) is 43.1. The van der Waals surface area contributed by atoms with Gasteiger partial charge in [0.25, 0.3) is 5.91 Å². The van der Waals surface area contributed by atoms with E-state index in [4.69, 9.17) is 18.9 Å². The molecule has 47 heavy (non-hydrogen) atoms. The Morgan fingerprint density at radius 2 is 1.70 bits per heavy atom. The second-order valence-corrected chi connectivity index (χ2v) is 14.4. The number of sulfonamides is 1. The maximum Gasteiger partial charge on any atom is 0.410 e. The van der Waals surface area contributed by atoms with Crippen molar-refractivity contribution in [2.75, 3.05) is 47.1 Å². The van der Waals surface area contributed by atoms with Crippen molar-refractivity contribution in [1.29, 1.82) is 0 Å². The van der Waals surface area contributed by atoms with Gasteiger partial charge in [-0.2, -0.15) is 0 Å². The van der Waals surface area contributed by atoms with E-state index in [1.165, 1.54) is 12.0 Å². The maximum absolute atomic E-state index is 13.9. The van der Waals surface area contributed by atoms with Crippen LogP contribution in [-0.4, -0.2) is 101 Å². The average molecular weight is 677 g/mol. The number of carbonyl (C=O) groups excluding carboxylic acids is 3. The summed E-state index contributed by atoms with van der Waals surface area (Å²) in [5.41, 5.74) is 0.145. The zero-order valence-corrected chi connectivity index (χ0v) is 29.1. The van der Waals surface area contributed by atoms with Gasteiger partial charge in [-0.3, -0.25) is 4.79 Å². The molecule has 2 aromatic carbocycles. The van der Waals surface area contributed by atoms with Crippen molar-refractivity contribution < 1.29 is 41.7 Å². The number of rotatable bonds is 14. The van der Waals surface area contributed by atoms with Crippen LogP contribution in [0, 0.1) is 5.92 Å². The number of hydrogen-bond acceptors (Lipinski definition) is 9. The number of hydrogen-bond donors (Lipinski definition) is 2. The van der Waals surface area contributed by atoms with Crippen molar-refractivity contribution in [2.24, 2.45) is 5.92 Å². The zero-order valence-electron chi connectivity index (χ0n) is 28.3. The van der Waals surface area contributed by atoms with E-state index < -0.39 is 39.7 Å². The van der Waals surface area contributed by atoms with Crippen LogP contribution in [0.25, 0.3) is 0 Å². The van der Waals surface area contributed by atoms with Gasteiger partial charge in [-0.05, 0) is 58.4 Å². The monoisotopic (exact) mass is 676 g/mol. The summed E-state index contributed by atoms with van der Waals surface area (Å²) < 4.78 is 49.5. The second kappa shape index (κ2) is 16.7. The van der Waals surface area contributed by atoms with E-state index in [1.54, 1.807) is 81.3 Å². The molecular formula is C33H48N4O9S. The fourth-order valence-corrected chi connectivity index (χ4v) is 6.16. The Bertz CT molecular complexity index is 1460. The molecule has 260 valence electrons. The number of nitrogens with zero attached hydrogens (tertiary/aromatic N) is 2. The molecule has 1 aliphatic rings. The van der Waals surface area contributed by atoms with E-state index >= 15 is 0 Å². The molecule has 2 N–H and O–H groups in total. The first-order valence-electron chi connectivity index (χ1n) is 15.6. The molecule has 0 unspecified atom stereocenters. The van der Waals surface area contributed by atoms with Crippen LogP contribution in [-0.2, 0) is 25.2 Å². The van der Waals surface area contributed by atoms with Crippen molar-refractivity contribution >= 4 is 28.1 Å². The Kier molecular flexibility index (Phi) is 13.3. The van der Waals surface area contributed by atoms with Crippen molar-refractivity contribution in [3.8, 4) is 11.5 Å². The lowest BCUT2D eigenvalue weighted by molar-refractivity contribution is 0.0283. The third kappa shape index (κ3) is 11.6. The van der Waals surface area contributed by atoms with Crippen molar-refractivity contribution in [3.63, 3.8) is 0 Å². The molecule has 0 aliphatic carbocycles. The van der Waals surface area contributed by atoms with Gasteiger partial charge >= 0.3 is 12.1 Å². The highest BCUT2D eigenvalue weighted by Gasteiger charge is 2.40. The third-order valence-electron chi connectivity index (χ3n) is 7.33.